The Morgan fingerprint density at radius 1 is 1.53 bits per heavy atom. The van der Waals surface area contributed by atoms with Gasteiger partial charge in [0.2, 0.25) is 0 Å². The van der Waals surface area contributed by atoms with Gasteiger partial charge in [-0.15, -0.1) is 0 Å². The Morgan fingerprint density at radius 2 is 2.26 bits per heavy atom. The highest BCUT2D eigenvalue weighted by atomic mass is 16.6. The summed E-state index contributed by atoms with van der Waals surface area (Å²) < 4.78 is 4.78. The number of benzene rings is 1. The molecule has 0 heterocycles. The van der Waals surface area contributed by atoms with Crippen LogP contribution in [0.5, 0.6) is 0 Å². The Morgan fingerprint density at radius 3 is 2.84 bits per heavy atom. The third kappa shape index (κ3) is 4.39. The minimum Gasteiger partial charge on any atom is -0.466 e. The lowest BCUT2D eigenvalue weighted by Crippen LogP contribution is -2.04. The van der Waals surface area contributed by atoms with Gasteiger partial charge in [0, 0.05) is 18.1 Å². The maximum absolute atomic E-state index is 11.2. The van der Waals surface area contributed by atoms with E-state index >= 15 is 0 Å². The number of carbonyl (C=O) groups is 1. The van der Waals surface area contributed by atoms with Crippen LogP contribution >= 0.6 is 0 Å². The molecule has 0 aliphatic rings. The number of nitrogens with zero attached hydrogens (tertiary/aromatic N) is 2. The van der Waals surface area contributed by atoms with Gasteiger partial charge < -0.3 is 4.74 Å². The third-order valence-electron chi connectivity index (χ3n) is 2.53. The maximum Gasteiger partial charge on any atom is 0.305 e. The van der Waals surface area contributed by atoms with E-state index < -0.39 is 4.92 Å². The number of hydrogen-bond acceptors (Lipinski definition) is 4. The van der Waals surface area contributed by atoms with Crippen molar-refractivity contribution in [1.29, 1.82) is 0 Å². The van der Waals surface area contributed by atoms with Crippen molar-refractivity contribution in [3.8, 4) is 0 Å². The SMILES string of the molecule is [C-]#[N+]c1ccc(CCCC(=O)OCC)c([N+](=O)[O-])c1. The van der Waals surface area contributed by atoms with Gasteiger partial charge in [-0.2, -0.15) is 0 Å². The second-order valence-electron chi connectivity index (χ2n) is 3.84. The lowest BCUT2D eigenvalue weighted by Gasteiger charge is -2.04. The summed E-state index contributed by atoms with van der Waals surface area (Å²) in [6, 6.07) is 4.36. The first-order chi connectivity index (χ1) is 9.08. The second-order valence-corrected chi connectivity index (χ2v) is 3.84. The van der Waals surface area contributed by atoms with Crippen LogP contribution in [-0.4, -0.2) is 17.5 Å². The molecule has 0 bridgehead atoms. The predicted molar refractivity (Wildman–Crippen MR) is 68.9 cm³/mol. The molecule has 0 saturated heterocycles. The van der Waals surface area contributed by atoms with E-state index in [1.165, 1.54) is 6.07 Å². The summed E-state index contributed by atoms with van der Waals surface area (Å²) in [6.07, 6.45) is 1.13. The fraction of sp³-hybridized carbons (Fsp3) is 0.385. The molecule has 100 valence electrons. The number of esters is 1. The van der Waals surface area contributed by atoms with Gasteiger partial charge in [0.1, 0.15) is 0 Å². The Labute approximate surface area is 111 Å². The number of aryl methyl sites for hydroxylation is 1. The molecule has 1 rings (SSSR count). The highest BCUT2D eigenvalue weighted by Crippen LogP contribution is 2.26. The Balaban J connectivity index is 2.70. The van der Waals surface area contributed by atoms with Gasteiger partial charge >= 0.3 is 5.97 Å². The fourth-order valence-electron chi connectivity index (χ4n) is 1.66. The molecular weight excluding hydrogens is 248 g/mol. The molecule has 0 spiro atoms. The molecule has 1 aromatic rings. The van der Waals surface area contributed by atoms with E-state index in [0.29, 0.717) is 25.0 Å². The van der Waals surface area contributed by atoms with E-state index in [-0.39, 0.29) is 23.8 Å². The Hall–Kier alpha value is -2.42. The molecule has 19 heavy (non-hydrogen) atoms. The highest BCUT2D eigenvalue weighted by Gasteiger charge is 2.14. The van der Waals surface area contributed by atoms with Gasteiger partial charge in [-0.25, -0.2) is 4.85 Å². The van der Waals surface area contributed by atoms with Crippen LogP contribution in [0.3, 0.4) is 0 Å². The van der Waals surface area contributed by atoms with Crippen molar-refractivity contribution in [3.63, 3.8) is 0 Å². The zero-order valence-electron chi connectivity index (χ0n) is 10.6. The van der Waals surface area contributed by atoms with Gasteiger partial charge in [-0.05, 0) is 19.8 Å². The van der Waals surface area contributed by atoms with Crippen molar-refractivity contribution in [2.45, 2.75) is 26.2 Å². The summed E-state index contributed by atoms with van der Waals surface area (Å²) in [5.41, 5.74) is 0.694. The average molecular weight is 262 g/mol. The van der Waals surface area contributed by atoms with Crippen LogP contribution in [-0.2, 0) is 16.0 Å². The van der Waals surface area contributed by atoms with Crippen LogP contribution in [0.25, 0.3) is 4.85 Å². The van der Waals surface area contributed by atoms with Crippen LogP contribution in [0, 0.1) is 16.7 Å². The quantitative estimate of drug-likeness (QED) is 0.342. The van der Waals surface area contributed by atoms with E-state index in [0.717, 1.165) is 0 Å². The van der Waals surface area contributed by atoms with Gasteiger partial charge in [0.05, 0.1) is 18.1 Å². The summed E-state index contributed by atoms with van der Waals surface area (Å²) in [4.78, 5) is 24.7. The minimum atomic E-state index is -0.506. The van der Waals surface area contributed by atoms with Gasteiger partial charge in [-0.3, -0.25) is 14.9 Å². The number of hydrogen-bond donors (Lipinski definition) is 0. The second kappa shape index (κ2) is 7.11. The molecular formula is C13H14N2O4. The average Bonchev–Trinajstić information content (AvgIpc) is 2.39. The summed E-state index contributed by atoms with van der Waals surface area (Å²) in [6.45, 7) is 8.89. The Kier molecular flexibility index (Phi) is 5.48. The molecule has 1 aromatic carbocycles. The molecule has 0 saturated carbocycles. The van der Waals surface area contributed by atoms with Crippen molar-refractivity contribution in [1.82, 2.24) is 0 Å². The van der Waals surface area contributed by atoms with E-state index in [2.05, 4.69) is 4.85 Å². The predicted octanol–water partition coefficient (Wildman–Crippen LogP) is 3.03. The minimum absolute atomic E-state index is 0.0719. The van der Waals surface area contributed by atoms with Gasteiger partial charge in [0.25, 0.3) is 5.69 Å². The molecule has 6 heteroatoms. The molecule has 0 aliphatic carbocycles. The van der Waals surface area contributed by atoms with E-state index in [4.69, 9.17) is 11.3 Å². The normalized spacial score (nSPS) is 9.68. The van der Waals surface area contributed by atoms with Crippen LogP contribution in [0.4, 0.5) is 11.4 Å². The molecule has 0 N–H and O–H groups in total. The van der Waals surface area contributed by atoms with Crippen LogP contribution in [0.2, 0.25) is 0 Å². The molecule has 0 fully saturated rings. The lowest BCUT2D eigenvalue weighted by atomic mass is 10.1. The van der Waals surface area contributed by atoms with E-state index in [1.807, 2.05) is 0 Å². The standard InChI is InChI=1S/C13H14N2O4/c1-3-19-13(16)6-4-5-10-7-8-11(14-2)9-12(10)15(17)18/h7-9H,3-6H2,1H3. The summed E-state index contributed by atoms with van der Waals surface area (Å²) in [7, 11) is 0. The van der Waals surface area contributed by atoms with Crippen LogP contribution in [0.1, 0.15) is 25.3 Å². The largest absolute Gasteiger partial charge is 0.466 e. The summed E-state index contributed by atoms with van der Waals surface area (Å²) in [5.74, 6) is -0.303. The molecule has 0 atom stereocenters. The topological polar surface area (TPSA) is 73.8 Å². The number of ether oxygens (including phenoxy) is 1. The Bertz CT molecular complexity index is 520. The molecule has 6 nitrogen and oxygen atoms in total. The molecule has 0 radical (unpaired) electrons. The zero-order valence-corrected chi connectivity index (χ0v) is 10.6. The molecule has 0 unspecified atom stereocenters. The first-order valence-electron chi connectivity index (χ1n) is 5.89. The summed E-state index contributed by atoms with van der Waals surface area (Å²) in [5, 5.41) is 10.9. The highest BCUT2D eigenvalue weighted by molar-refractivity contribution is 5.69. The van der Waals surface area contributed by atoms with Crippen molar-refractivity contribution in [3.05, 3.63) is 45.3 Å². The van der Waals surface area contributed by atoms with Crippen molar-refractivity contribution >= 4 is 17.3 Å². The van der Waals surface area contributed by atoms with Crippen molar-refractivity contribution < 1.29 is 14.5 Å². The molecule has 0 aromatic heterocycles. The number of nitro groups is 1. The zero-order chi connectivity index (χ0) is 14.3. The third-order valence-corrected chi connectivity index (χ3v) is 2.53. The van der Waals surface area contributed by atoms with Crippen LogP contribution in [0.15, 0.2) is 18.2 Å². The molecule has 0 aliphatic heterocycles. The van der Waals surface area contributed by atoms with Gasteiger partial charge in [0.15, 0.2) is 5.69 Å². The van der Waals surface area contributed by atoms with E-state index in [1.54, 1.807) is 19.1 Å². The van der Waals surface area contributed by atoms with Crippen molar-refractivity contribution in [2.24, 2.45) is 0 Å². The summed E-state index contributed by atoms with van der Waals surface area (Å²) >= 11 is 0. The first kappa shape index (κ1) is 14.6. The van der Waals surface area contributed by atoms with Crippen molar-refractivity contribution in [2.75, 3.05) is 6.61 Å². The number of carbonyl (C=O) groups excluding carboxylic acids is 1. The van der Waals surface area contributed by atoms with Crippen LogP contribution < -0.4 is 0 Å². The lowest BCUT2D eigenvalue weighted by molar-refractivity contribution is -0.385. The van der Waals surface area contributed by atoms with Gasteiger partial charge in [-0.1, -0.05) is 12.1 Å². The molecule has 0 amide bonds. The number of nitro benzene ring substituents is 1. The smallest absolute Gasteiger partial charge is 0.305 e. The maximum atomic E-state index is 11.2. The van der Waals surface area contributed by atoms with E-state index in [9.17, 15) is 14.9 Å². The monoisotopic (exact) mass is 262 g/mol. The first-order valence-corrected chi connectivity index (χ1v) is 5.89. The fourth-order valence-corrected chi connectivity index (χ4v) is 1.66. The number of rotatable bonds is 6.